The summed E-state index contributed by atoms with van der Waals surface area (Å²) < 4.78 is 46.4. The summed E-state index contributed by atoms with van der Waals surface area (Å²) >= 11 is 0. The number of benzene rings is 2. The van der Waals surface area contributed by atoms with Gasteiger partial charge in [-0.1, -0.05) is 102 Å². The van der Waals surface area contributed by atoms with Gasteiger partial charge in [0, 0.05) is 0 Å². The Kier molecular flexibility index (Phi) is 11.5. The van der Waals surface area contributed by atoms with Crippen molar-refractivity contribution < 1.29 is 17.8 Å². The lowest BCUT2D eigenvalue weighted by molar-refractivity contribution is -0.00630. The molecular weight excluding hydrogens is 549 g/mol. The summed E-state index contributed by atoms with van der Waals surface area (Å²) in [5.41, 5.74) is 1.87. The van der Waals surface area contributed by atoms with Crippen LogP contribution in [0.3, 0.4) is 0 Å². The predicted octanol–water partition coefficient (Wildman–Crippen LogP) is 9.45. The van der Waals surface area contributed by atoms with Crippen LogP contribution >= 0.6 is 7.60 Å². The predicted molar refractivity (Wildman–Crippen MR) is 170 cm³/mol. The standard InChI is InChI=1S/C34H52NO4PS/c1-23(2)30-19-15-26(6)21-32(30)38-40(36,39-33-22-27(7)16-20-31(33)24(3)4)34(28-11-9-8-10-12-28)35-41(37)29-17-13-25(5)14-18-29/h8-14,17-18,23-24,26-27,30-35H,15-16,19-22H2,1-7H3/t26-,27-,30+,31+,32-,33-,34+,41?/m0/s1. The minimum atomic E-state index is -3.88. The highest BCUT2D eigenvalue weighted by Gasteiger charge is 2.47. The monoisotopic (exact) mass is 601 g/mol. The Labute approximate surface area is 251 Å². The van der Waals surface area contributed by atoms with Crippen molar-refractivity contribution in [2.24, 2.45) is 35.5 Å². The third-order valence-electron chi connectivity index (χ3n) is 9.37. The molecule has 8 atom stereocenters. The molecule has 2 aliphatic carbocycles. The van der Waals surface area contributed by atoms with Crippen molar-refractivity contribution in [3.05, 3.63) is 65.7 Å². The van der Waals surface area contributed by atoms with E-state index in [4.69, 9.17) is 9.05 Å². The molecule has 2 aromatic carbocycles. The molecular formula is C34H52NO4PS. The highest BCUT2D eigenvalue weighted by molar-refractivity contribution is 7.83. The topological polar surface area (TPSA) is 64.6 Å². The van der Waals surface area contributed by atoms with Gasteiger partial charge in [0.2, 0.25) is 0 Å². The third-order valence-corrected chi connectivity index (χ3v) is 12.9. The smallest absolute Gasteiger partial charge is 0.304 e. The summed E-state index contributed by atoms with van der Waals surface area (Å²) in [5, 5.41) is 0. The molecule has 0 bridgehead atoms. The van der Waals surface area contributed by atoms with Crippen molar-refractivity contribution in [3.8, 4) is 0 Å². The Morgan fingerprint density at radius 3 is 1.73 bits per heavy atom. The number of aryl methyl sites for hydroxylation is 1. The van der Waals surface area contributed by atoms with E-state index in [0.29, 0.717) is 40.4 Å². The van der Waals surface area contributed by atoms with E-state index >= 15 is 4.57 Å². The molecule has 4 rings (SSSR count). The lowest BCUT2D eigenvalue weighted by Gasteiger charge is -2.43. The van der Waals surface area contributed by atoms with E-state index in [2.05, 4.69) is 46.3 Å². The van der Waals surface area contributed by atoms with Crippen LogP contribution in [0.4, 0.5) is 0 Å². The summed E-state index contributed by atoms with van der Waals surface area (Å²) in [7, 11) is -5.50. The molecule has 0 radical (unpaired) electrons. The molecule has 0 saturated heterocycles. The van der Waals surface area contributed by atoms with Crippen molar-refractivity contribution >= 4 is 18.6 Å². The van der Waals surface area contributed by atoms with E-state index in [-0.39, 0.29) is 12.2 Å². The van der Waals surface area contributed by atoms with E-state index in [0.717, 1.165) is 49.7 Å². The molecule has 2 fully saturated rings. The van der Waals surface area contributed by atoms with Crippen molar-refractivity contribution in [1.29, 1.82) is 0 Å². The Bertz CT molecular complexity index is 1130. The number of hydrogen-bond donors (Lipinski definition) is 1. The molecule has 2 aromatic rings. The highest BCUT2D eigenvalue weighted by Crippen LogP contribution is 2.64. The van der Waals surface area contributed by atoms with Crippen LogP contribution in [0.5, 0.6) is 0 Å². The zero-order valence-corrected chi connectivity index (χ0v) is 27.8. The van der Waals surface area contributed by atoms with Gasteiger partial charge in [0.25, 0.3) is 0 Å². The van der Waals surface area contributed by atoms with Gasteiger partial charge in [0.1, 0.15) is 16.8 Å². The molecule has 228 valence electrons. The first-order chi connectivity index (χ1) is 19.5. The normalized spacial score (nSPS) is 29.0. The lowest BCUT2D eigenvalue weighted by Crippen LogP contribution is -2.38. The minimum Gasteiger partial charge on any atom is -0.304 e. The van der Waals surface area contributed by atoms with Crippen LogP contribution < -0.4 is 4.72 Å². The SMILES string of the molecule is Cc1ccc(S(=O)N[C@@H](c2ccccc2)P(=O)(O[C@H]2C[C@@H](C)CC[C@@H]2C(C)C)O[C@H]2C[C@@H](C)CC[C@@H]2C(C)C)cc1. The van der Waals surface area contributed by atoms with Crippen molar-refractivity contribution in [2.45, 2.75) is 110 Å². The van der Waals surface area contributed by atoms with Gasteiger partial charge in [-0.05, 0) is 85.8 Å². The second-order valence-electron chi connectivity index (χ2n) is 13.5. The molecule has 1 unspecified atom stereocenters. The van der Waals surface area contributed by atoms with Crippen LogP contribution in [0.2, 0.25) is 0 Å². The third kappa shape index (κ3) is 8.42. The summed E-state index contributed by atoms with van der Waals surface area (Å²) in [5.74, 6) is 1.54. The first kappa shape index (κ1) is 32.6. The molecule has 0 amide bonds. The Morgan fingerprint density at radius 1 is 0.780 bits per heavy atom. The fraction of sp³-hybridized carbons (Fsp3) is 0.647. The van der Waals surface area contributed by atoms with Crippen LogP contribution in [0.15, 0.2) is 59.5 Å². The van der Waals surface area contributed by atoms with Crippen molar-refractivity contribution in [3.63, 3.8) is 0 Å². The van der Waals surface area contributed by atoms with Gasteiger partial charge >= 0.3 is 7.60 Å². The maximum atomic E-state index is 15.6. The van der Waals surface area contributed by atoms with E-state index in [9.17, 15) is 4.21 Å². The molecule has 41 heavy (non-hydrogen) atoms. The number of rotatable bonds is 11. The first-order valence-corrected chi connectivity index (χ1v) is 18.5. The van der Waals surface area contributed by atoms with E-state index in [1.54, 1.807) is 0 Å². The van der Waals surface area contributed by atoms with Gasteiger partial charge < -0.3 is 9.05 Å². The second kappa shape index (κ2) is 14.4. The lowest BCUT2D eigenvalue weighted by atomic mass is 9.75. The van der Waals surface area contributed by atoms with E-state index in [1.807, 2.05) is 61.5 Å². The van der Waals surface area contributed by atoms with E-state index in [1.165, 1.54) is 0 Å². The van der Waals surface area contributed by atoms with Crippen LogP contribution in [0.25, 0.3) is 0 Å². The van der Waals surface area contributed by atoms with Gasteiger partial charge in [-0.2, -0.15) is 0 Å². The molecule has 0 spiro atoms. The quantitative estimate of drug-likeness (QED) is 0.261. The molecule has 2 aliphatic rings. The Balaban J connectivity index is 1.77. The first-order valence-electron chi connectivity index (χ1n) is 15.7. The zero-order chi connectivity index (χ0) is 29.7. The van der Waals surface area contributed by atoms with Crippen LogP contribution in [0.1, 0.15) is 97.0 Å². The number of nitrogens with one attached hydrogen (secondary N) is 1. The maximum Gasteiger partial charge on any atom is 0.353 e. The fourth-order valence-electron chi connectivity index (χ4n) is 6.78. The Hall–Kier alpha value is -1.30. The fourth-order valence-corrected chi connectivity index (χ4v) is 10.5. The van der Waals surface area contributed by atoms with Crippen LogP contribution in [-0.4, -0.2) is 16.4 Å². The average Bonchev–Trinajstić information content (AvgIpc) is 2.92. The Morgan fingerprint density at radius 2 is 1.27 bits per heavy atom. The summed E-state index contributed by atoms with van der Waals surface area (Å²) in [6.07, 6.45) is 5.77. The molecule has 2 saturated carbocycles. The molecule has 7 heteroatoms. The van der Waals surface area contributed by atoms with Crippen molar-refractivity contribution in [1.82, 2.24) is 4.72 Å². The zero-order valence-electron chi connectivity index (χ0n) is 26.1. The largest absolute Gasteiger partial charge is 0.353 e. The maximum absolute atomic E-state index is 15.6. The average molecular weight is 602 g/mol. The van der Waals surface area contributed by atoms with Gasteiger partial charge in [-0.25, -0.2) is 8.93 Å². The molecule has 1 N–H and O–H groups in total. The van der Waals surface area contributed by atoms with Gasteiger partial charge in [0.15, 0.2) is 0 Å². The molecule has 5 nitrogen and oxygen atoms in total. The molecule has 0 aromatic heterocycles. The van der Waals surface area contributed by atoms with Gasteiger partial charge in [-0.15, -0.1) is 0 Å². The molecule has 0 aliphatic heterocycles. The summed E-state index contributed by atoms with van der Waals surface area (Å²) in [6, 6.07) is 17.3. The van der Waals surface area contributed by atoms with Gasteiger partial charge in [0.05, 0.1) is 17.1 Å². The minimum absolute atomic E-state index is 0.177. The highest BCUT2D eigenvalue weighted by atomic mass is 32.2. The summed E-state index contributed by atoms with van der Waals surface area (Å²) in [6.45, 7) is 15.5. The summed E-state index contributed by atoms with van der Waals surface area (Å²) in [4.78, 5) is 0.640. The van der Waals surface area contributed by atoms with Crippen LogP contribution in [-0.2, 0) is 24.6 Å². The van der Waals surface area contributed by atoms with E-state index < -0.39 is 24.4 Å². The van der Waals surface area contributed by atoms with Gasteiger partial charge in [-0.3, -0.25) is 4.57 Å². The molecule has 0 heterocycles. The van der Waals surface area contributed by atoms with Crippen LogP contribution in [0, 0.1) is 42.4 Å². The number of hydrogen-bond acceptors (Lipinski definition) is 4. The second-order valence-corrected chi connectivity index (χ2v) is 16.8. The van der Waals surface area contributed by atoms with Crippen molar-refractivity contribution in [2.75, 3.05) is 0 Å².